The summed E-state index contributed by atoms with van der Waals surface area (Å²) in [5.74, 6) is 1.54. The molecule has 2 atom stereocenters. The first-order chi connectivity index (χ1) is 9.33. The molecule has 2 fully saturated rings. The van der Waals surface area contributed by atoms with E-state index in [0.29, 0.717) is 0 Å². The molecule has 0 radical (unpaired) electrons. The molecule has 1 heterocycles. The number of hydrogen-bond acceptors (Lipinski definition) is 2. The first-order valence-electron chi connectivity index (χ1n) is 7.99. The standard InChI is InChI=1S/C17H26N2/c1-13-7-8-15(11-18-13)17-6-4-2-3-5-14(17)12-19-16-9-10-16/h7-8,11,14,16-17,19H,2-6,9-10,12H2,1H3. The fourth-order valence-electron chi connectivity index (χ4n) is 3.37. The minimum atomic E-state index is 0.724. The maximum atomic E-state index is 4.51. The van der Waals surface area contributed by atoms with Crippen molar-refractivity contribution in [2.45, 2.75) is 63.8 Å². The third-order valence-corrected chi connectivity index (χ3v) is 4.77. The van der Waals surface area contributed by atoms with E-state index in [4.69, 9.17) is 0 Å². The largest absolute Gasteiger partial charge is 0.314 e. The highest BCUT2D eigenvalue weighted by molar-refractivity contribution is 5.19. The SMILES string of the molecule is Cc1ccc(C2CCCCCC2CNC2CC2)cn1. The average molecular weight is 258 g/mol. The molecule has 0 spiro atoms. The van der Waals surface area contributed by atoms with Crippen molar-refractivity contribution in [3.8, 4) is 0 Å². The Morgan fingerprint density at radius 3 is 2.68 bits per heavy atom. The number of hydrogen-bond donors (Lipinski definition) is 1. The van der Waals surface area contributed by atoms with Crippen LogP contribution < -0.4 is 5.32 Å². The highest BCUT2D eigenvalue weighted by Gasteiger charge is 2.28. The van der Waals surface area contributed by atoms with Crippen LogP contribution in [-0.2, 0) is 0 Å². The van der Waals surface area contributed by atoms with Gasteiger partial charge in [-0.3, -0.25) is 4.98 Å². The van der Waals surface area contributed by atoms with Crippen molar-refractivity contribution in [1.29, 1.82) is 0 Å². The van der Waals surface area contributed by atoms with Crippen LogP contribution in [0.15, 0.2) is 18.3 Å². The van der Waals surface area contributed by atoms with Crippen LogP contribution >= 0.6 is 0 Å². The highest BCUT2D eigenvalue weighted by Crippen LogP contribution is 2.36. The normalized spacial score (nSPS) is 28.1. The molecule has 1 N–H and O–H groups in total. The Balaban J connectivity index is 1.70. The zero-order valence-corrected chi connectivity index (χ0v) is 12.1. The Kier molecular flexibility index (Phi) is 4.17. The lowest BCUT2D eigenvalue weighted by atomic mass is 9.83. The summed E-state index contributed by atoms with van der Waals surface area (Å²) in [7, 11) is 0. The van der Waals surface area contributed by atoms with E-state index in [9.17, 15) is 0 Å². The Morgan fingerprint density at radius 2 is 1.95 bits per heavy atom. The predicted molar refractivity (Wildman–Crippen MR) is 79.3 cm³/mol. The average Bonchev–Trinajstić information content (AvgIpc) is 3.24. The second kappa shape index (κ2) is 6.04. The molecule has 19 heavy (non-hydrogen) atoms. The fourth-order valence-corrected chi connectivity index (χ4v) is 3.37. The van der Waals surface area contributed by atoms with Gasteiger partial charge in [-0.15, -0.1) is 0 Å². The fraction of sp³-hybridized carbons (Fsp3) is 0.706. The van der Waals surface area contributed by atoms with Gasteiger partial charge in [0.05, 0.1) is 0 Å². The Hall–Kier alpha value is -0.890. The molecule has 0 saturated heterocycles. The summed E-state index contributed by atoms with van der Waals surface area (Å²) in [5, 5.41) is 3.74. The molecular formula is C17H26N2. The summed E-state index contributed by atoms with van der Waals surface area (Å²) in [6.07, 6.45) is 11.9. The molecule has 0 amide bonds. The molecule has 0 aliphatic heterocycles. The molecule has 2 heteroatoms. The topological polar surface area (TPSA) is 24.9 Å². The van der Waals surface area contributed by atoms with Crippen LogP contribution in [-0.4, -0.2) is 17.6 Å². The van der Waals surface area contributed by atoms with E-state index in [-0.39, 0.29) is 0 Å². The number of nitrogens with zero attached hydrogens (tertiary/aromatic N) is 1. The van der Waals surface area contributed by atoms with Gasteiger partial charge in [-0.2, -0.15) is 0 Å². The predicted octanol–water partition coefficient (Wildman–Crippen LogP) is 3.81. The van der Waals surface area contributed by atoms with Crippen molar-refractivity contribution >= 4 is 0 Å². The van der Waals surface area contributed by atoms with E-state index in [1.54, 1.807) is 0 Å². The van der Waals surface area contributed by atoms with E-state index in [1.165, 1.54) is 57.1 Å². The second-order valence-electron chi connectivity index (χ2n) is 6.42. The summed E-state index contributed by atoms with van der Waals surface area (Å²) in [6, 6.07) is 5.31. The van der Waals surface area contributed by atoms with Gasteiger partial charge >= 0.3 is 0 Å². The number of aryl methyl sites for hydroxylation is 1. The molecule has 104 valence electrons. The molecule has 1 aromatic rings. The Morgan fingerprint density at radius 1 is 1.11 bits per heavy atom. The van der Waals surface area contributed by atoms with Gasteiger partial charge < -0.3 is 5.32 Å². The van der Waals surface area contributed by atoms with Crippen LogP contribution in [0.5, 0.6) is 0 Å². The highest BCUT2D eigenvalue weighted by atomic mass is 14.9. The van der Waals surface area contributed by atoms with E-state index < -0.39 is 0 Å². The molecule has 2 aliphatic rings. The maximum absolute atomic E-state index is 4.51. The Bertz CT molecular complexity index is 394. The number of rotatable bonds is 4. The van der Waals surface area contributed by atoms with Gasteiger partial charge in [-0.05, 0) is 62.6 Å². The van der Waals surface area contributed by atoms with Gasteiger partial charge in [-0.1, -0.05) is 25.3 Å². The molecular weight excluding hydrogens is 232 g/mol. The quantitative estimate of drug-likeness (QED) is 0.831. The summed E-state index contributed by atoms with van der Waals surface area (Å²) in [4.78, 5) is 4.51. The first-order valence-corrected chi connectivity index (χ1v) is 7.99. The van der Waals surface area contributed by atoms with E-state index >= 15 is 0 Å². The zero-order chi connectivity index (χ0) is 13.1. The molecule has 2 aliphatic carbocycles. The van der Waals surface area contributed by atoms with Crippen LogP contribution in [0.4, 0.5) is 0 Å². The second-order valence-corrected chi connectivity index (χ2v) is 6.42. The van der Waals surface area contributed by atoms with Crippen molar-refractivity contribution in [1.82, 2.24) is 10.3 Å². The summed E-state index contributed by atoms with van der Waals surface area (Å²) >= 11 is 0. The minimum absolute atomic E-state index is 0.724. The number of nitrogens with one attached hydrogen (secondary N) is 1. The van der Waals surface area contributed by atoms with Crippen molar-refractivity contribution < 1.29 is 0 Å². The summed E-state index contributed by atoms with van der Waals surface area (Å²) < 4.78 is 0. The third kappa shape index (κ3) is 3.56. The molecule has 3 rings (SSSR count). The Labute approximate surface area is 117 Å². The molecule has 2 saturated carbocycles. The number of pyridine rings is 1. The summed E-state index contributed by atoms with van der Waals surface area (Å²) in [5.41, 5.74) is 2.60. The van der Waals surface area contributed by atoms with E-state index in [0.717, 1.165) is 23.6 Å². The first kappa shape index (κ1) is 13.1. The van der Waals surface area contributed by atoms with Crippen molar-refractivity contribution in [3.05, 3.63) is 29.6 Å². The van der Waals surface area contributed by atoms with Gasteiger partial charge in [0, 0.05) is 17.9 Å². The van der Waals surface area contributed by atoms with Crippen LogP contribution in [0.1, 0.15) is 62.1 Å². The molecule has 2 unspecified atom stereocenters. The monoisotopic (exact) mass is 258 g/mol. The van der Waals surface area contributed by atoms with Crippen LogP contribution in [0.3, 0.4) is 0 Å². The lowest BCUT2D eigenvalue weighted by molar-refractivity contribution is 0.373. The number of aromatic nitrogens is 1. The minimum Gasteiger partial charge on any atom is -0.314 e. The van der Waals surface area contributed by atoms with Gasteiger partial charge in [0.2, 0.25) is 0 Å². The van der Waals surface area contributed by atoms with Crippen LogP contribution in [0.2, 0.25) is 0 Å². The molecule has 1 aromatic heterocycles. The molecule has 0 bridgehead atoms. The summed E-state index contributed by atoms with van der Waals surface area (Å²) in [6.45, 7) is 3.28. The van der Waals surface area contributed by atoms with E-state index in [2.05, 4.69) is 35.6 Å². The van der Waals surface area contributed by atoms with Crippen molar-refractivity contribution in [2.24, 2.45) is 5.92 Å². The lowest BCUT2D eigenvalue weighted by Gasteiger charge is -2.26. The molecule has 2 nitrogen and oxygen atoms in total. The maximum Gasteiger partial charge on any atom is 0.0372 e. The van der Waals surface area contributed by atoms with Crippen LogP contribution in [0.25, 0.3) is 0 Å². The molecule has 0 aromatic carbocycles. The third-order valence-electron chi connectivity index (χ3n) is 4.77. The van der Waals surface area contributed by atoms with Gasteiger partial charge in [0.15, 0.2) is 0 Å². The van der Waals surface area contributed by atoms with Gasteiger partial charge in [-0.25, -0.2) is 0 Å². The van der Waals surface area contributed by atoms with Crippen LogP contribution in [0, 0.1) is 12.8 Å². The van der Waals surface area contributed by atoms with Gasteiger partial charge in [0.25, 0.3) is 0 Å². The smallest absolute Gasteiger partial charge is 0.0372 e. The van der Waals surface area contributed by atoms with Gasteiger partial charge in [0.1, 0.15) is 0 Å². The van der Waals surface area contributed by atoms with E-state index in [1.807, 2.05) is 0 Å². The van der Waals surface area contributed by atoms with Crippen molar-refractivity contribution in [2.75, 3.05) is 6.54 Å². The van der Waals surface area contributed by atoms with Crippen molar-refractivity contribution in [3.63, 3.8) is 0 Å². The lowest BCUT2D eigenvalue weighted by Crippen LogP contribution is -2.28. The zero-order valence-electron chi connectivity index (χ0n) is 12.1.